The van der Waals surface area contributed by atoms with Crippen LogP contribution in [0.5, 0.6) is 5.75 Å². The molecule has 2 rings (SSSR count). The molecule has 3 nitrogen and oxygen atoms in total. The molecule has 0 aliphatic carbocycles. The smallest absolute Gasteiger partial charge is 0.163 e. The molecule has 1 aromatic rings. The predicted molar refractivity (Wildman–Crippen MR) is 70.5 cm³/mol. The van der Waals surface area contributed by atoms with Crippen LogP contribution in [-0.4, -0.2) is 25.6 Å². The topological polar surface area (TPSA) is 35.5 Å². The van der Waals surface area contributed by atoms with Crippen LogP contribution in [0.3, 0.4) is 0 Å². The van der Waals surface area contributed by atoms with Crippen molar-refractivity contribution in [3.63, 3.8) is 0 Å². The summed E-state index contributed by atoms with van der Waals surface area (Å²) in [4.78, 5) is 12.0. The third-order valence-electron chi connectivity index (χ3n) is 3.19. The second kappa shape index (κ2) is 6.21. The van der Waals surface area contributed by atoms with Crippen LogP contribution in [-0.2, 0) is 4.74 Å². The number of hydrogen-bond donors (Lipinski definition) is 0. The first-order valence-corrected chi connectivity index (χ1v) is 6.57. The van der Waals surface area contributed by atoms with Crippen molar-refractivity contribution in [3.05, 3.63) is 28.8 Å². The Morgan fingerprint density at radius 2 is 2.39 bits per heavy atom. The molecule has 0 saturated carbocycles. The van der Waals surface area contributed by atoms with Crippen LogP contribution in [0.1, 0.15) is 36.0 Å². The van der Waals surface area contributed by atoms with Crippen molar-refractivity contribution in [2.45, 2.75) is 31.8 Å². The van der Waals surface area contributed by atoms with Gasteiger partial charge in [-0.2, -0.15) is 0 Å². The van der Waals surface area contributed by atoms with Crippen molar-refractivity contribution in [1.29, 1.82) is 0 Å². The second-order valence-electron chi connectivity index (χ2n) is 4.45. The van der Waals surface area contributed by atoms with E-state index in [4.69, 9.17) is 21.1 Å². The maximum atomic E-state index is 12.0. The Morgan fingerprint density at radius 1 is 1.56 bits per heavy atom. The van der Waals surface area contributed by atoms with Crippen molar-refractivity contribution in [1.82, 2.24) is 0 Å². The van der Waals surface area contributed by atoms with E-state index in [9.17, 15) is 4.79 Å². The number of methoxy groups -OCH3 is 1. The van der Waals surface area contributed by atoms with Gasteiger partial charge in [-0.25, -0.2) is 0 Å². The fourth-order valence-electron chi connectivity index (χ4n) is 2.15. The van der Waals surface area contributed by atoms with Gasteiger partial charge in [-0.05, 0) is 37.5 Å². The highest BCUT2D eigenvalue weighted by Gasteiger charge is 2.17. The van der Waals surface area contributed by atoms with Gasteiger partial charge in [-0.3, -0.25) is 4.79 Å². The van der Waals surface area contributed by atoms with E-state index in [1.807, 2.05) is 0 Å². The molecule has 4 heteroatoms. The zero-order valence-electron chi connectivity index (χ0n) is 10.4. The SMILES string of the molecule is COc1ccc(C(=O)CCC2CCCO2)cc1Cl. The first kappa shape index (κ1) is 13.4. The van der Waals surface area contributed by atoms with E-state index in [0.29, 0.717) is 22.8 Å². The van der Waals surface area contributed by atoms with Gasteiger partial charge in [0.25, 0.3) is 0 Å². The third-order valence-corrected chi connectivity index (χ3v) is 3.49. The summed E-state index contributed by atoms with van der Waals surface area (Å²) in [7, 11) is 1.56. The van der Waals surface area contributed by atoms with E-state index >= 15 is 0 Å². The number of hydrogen-bond acceptors (Lipinski definition) is 3. The summed E-state index contributed by atoms with van der Waals surface area (Å²) in [5.74, 6) is 0.697. The molecule has 1 saturated heterocycles. The summed E-state index contributed by atoms with van der Waals surface area (Å²) in [5.41, 5.74) is 0.638. The Morgan fingerprint density at radius 3 is 3.00 bits per heavy atom. The molecule has 0 bridgehead atoms. The van der Waals surface area contributed by atoms with Crippen molar-refractivity contribution in [2.24, 2.45) is 0 Å². The molecule has 1 atom stereocenters. The number of ether oxygens (including phenoxy) is 2. The second-order valence-corrected chi connectivity index (χ2v) is 4.85. The van der Waals surface area contributed by atoms with Crippen LogP contribution in [0.25, 0.3) is 0 Å². The van der Waals surface area contributed by atoms with Gasteiger partial charge in [0, 0.05) is 18.6 Å². The fourth-order valence-corrected chi connectivity index (χ4v) is 2.41. The van der Waals surface area contributed by atoms with E-state index < -0.39 is 0 Å². The first-order chi connectivity index (χ1) is 8.70. The number of carbonyl (C=O) groups is 1. The van der Waals surface area contributed by atoms with Crippen LogP contribution < -0.4 is 4.74 Å². The minimum Gasteiger partial charge on any atom is -0.495 e. The molecule has 1 heterocycles. The van der Waals surface area contributed by atoms with Gasteiger partial charge in [-0.15, -0.1) is 0 Å². The lowest BCUT2D eigenvalue weighted by Crippen LogP contribution is -2.08. The van der Waals surface area contributed by atoms with Crippen molar-refractivity contribution in [3.8, 4) is 5.75 Å². The summed E-state index contributed by atoms with van der Waals surface area (Å²) < 4.78 is 10.6. The van der Waals surface area contributed by atoms with E-state index in [1.165, 1.54) is 0 Å². The quantitative estimate of drug-likeness (QED) is 0.767. The van der Waals surface area contributed by atoms with E-state index in [1.54, 1.807) is 25.3 Å². The van der Waals surface area contributed by atoms with Crippen molar-refractivity contribution < 1.29 is 14.3 Å². The lowest BCUT2D eigenvalue weighted by atomic mass is 10.0. The van der Waals surface area contributed by atoms with Gasteiger partial charge in [0.15, 0.2) is 5.78 Å². The number of rotatable bonds is 5. The number of carbonyl (C=O) groups excluding carboxylic acids is 1. The van der Waals surface area contributed by atoms with Crippen LogP contribution >= 0.6 is 11.6 Å². The summed E-state index contributed by atoms with van der Waals surface area (Å²) in [6.45, 7) is 0.827. The minimum atomic E-state index is 0.107. The van der Waals surface area contributed by atoms with Crippen molar-refractivity contribution in [2.75, 3.05) is 13.7 Å². The van der Waals surface area contributed by atoms with Crippen molar-refractivity contribution >= 4 is 17.4 Å². The highest BCUT2D eigenvalue weighted by molar-refractivity contribution is 6.32. The minimum absolute atomic E-state index is 0.107. The molecule has 0 radical (unpaired) electrons. The van der Waals surface area contributed by atoms with Crippen LogP contribution in [0.15, 0.2) is 18.2 Å². The summed E-state index contributed by atoms with van der Waals surface area (Å²) in [6.07, 6.45) is 3.72. The average molecular weight is 269 g/mol. The standard InChI is InChI=1S/C14H17ClO3/c1-17-14-7-4-10(9-12(14)15)13(16)6-5-11-3-2-8-18-11/h4,7,9,11H,2-3,5-6,8H2,1H3. The Bertz CT molecular complexity index is 425. The fraction of sp³-hybridized carbons (Fsp3) is 0.500. The monoisotopic (exact) mass is 268 g/mol. The zero-order chi connectivity index (χ0) is 13.0. The van der Waals surface area contributed by atoms with E-state index in [0.717, 1.165) is 25.9 Å². The molecule has 0 aromatic heterocycles. The zero-order valence-corrected chi connectivity index (χ0v) is 11.2. The molecular weight excluding hydrogens is 252 g/mol. The normalized spacial score (nSPS) is 18.9. The average Bonchev–Trinajstić information content (AvgIpc) is 2.89. The lowest BCUT2D eigenvalue weighted by Gasteiger charge is -2.09. The maximum absolute atomic E-state index is 12.0. The Balaban J connectivity index is 1.93. The molecule has 98 valence electrons. The molecule has 1 aliphatic heterocycles. The van der Waals surface area contributed by atoms with Gasteiger partial charge < -0.3 is 9.47 Å². The number of benzene rings is 1. The van der Waals surface area contributed by atoms with Gasteiger partial charge >= 0.3 is 0 Å². The number of ketones is 1. The van der Waals surface area contributed by atoms with Crippen LogP contribution in [0.4, 0.5) is 0 Å². The Kier molecular flexibility index (Phi) is 4.61. The molecule has 0 amide bonds. The Hall–Kier alpha value is -1.06. The molecule has 0 spiro atoms. The number of Topliss-reactive ketones (excluding diaryl/α,β-unsaturated/α-hetero) is 1. The predicted octanol–water partition coefficient (Wildman–Crippen LogP) is 3.49. The Labute approximate surface area is 112 Å². The lowest BCUT2D eigenvalue weighted by molar-refractivity contribution is 0.0859. The molecule has 0 N–H and O–H groups in total. The van der Waals surface area contributed by atoms with E-state index in [-0.39, 0.29) is 11.9 Å². The van der Waals surface area contributed by atoms with E-state index in [2.05, 4.69) is 0 Å². The molecule has 1 aliphatic rings. The summed E-state index contributed by atoms with van der Waals surface area (Å²) in [5, 5.41) is 0.473. The largest absolute Gasteiger partial charge is 0.495 e. The highest BCUT2D eigenvalue weighted by atomic mass is 35.5. The van der Waals surface area contributed by atoms with Gasteiger partial charge in [0.05, 0.1) is 18.2 Å². The summed E-state index contributed by atoms with van der Waals surface area (Å²) >= 11 is 6.00. The highest BCUT2D eigenvalue weighted by Crippen LogP contribution is 2.26. The summed E-state index contributed by atoms with van der Waals surface area (Å²) in [6, 6.07) is 5.14. The maximum Gasteiger partial charge on any atom is 0.163 e. The first-order valence-electron chi connectivity index (χ1n) is 6.19. The van der Waals surface area contributed by atoms with Gasteiger partial charge in [0.1, 0.15) is 5.75 Å². The third kappa shape index (κ3) is 3.24. The molecule has 1 fully saturated rings. The van der Waals surface area contributed by atoms with Gasteiger partial charge in [0.2, 0.25) is 0 Å². The molecule has 1 aromatic carbocycles. The van der Waals surface area contributed by atoms with Gasteiger partial charge in [-0.1, -0.05) is 11.6 Å². The number of halogens is 1. The molecule has 18 heavy (non-hydrogen) atoms. The molecule has 1 unspecified atom stereocenters. The molecular formula is C14H17ClO3. The van der Waals surface area contributed by atoms with Crippen LogP contribution in [0.2, 0.25) is 5.02 Å². The van der Waals surface area contributed by atoms with Crippen LogP contribution in [0, 0.1) is 0 Å².